The maximum absolute atomic E-state index is 13.0. The van der Waals surface area contributed by atoms with Crippen LogP contribution in [0, 0.1) is 33.8 Å². The van der Waals surface area contributed by atoms with E-state index in [0.717, 1.165) is 0 Å². The Bertz CT molecular complexity index is 879. The van der Waals surface area contributed by atoms with Gasteiger partial charge in [-0.3, -0.25) is 29.4 Å². The smallest absolute Gasteiger partial charge is 0.269 e. The molecule has 0 aromatic heterocycles. The molecule has 150 valence electrons. The molecular weight excluding hydrogens is 362 g/mol. The minimum atomic E-state index is -0.586. The number of hydrogen-bond acceptors (Lipinski definition) is 5. The van der Waals surface area contributed by atoms with Crippen LogP contribution in [-0.4, -0.2) is 34.1 Å². The number of nitrogens with zero attached hydrogens (tertiary/aromatic N) is 2. The van der Waals surface area contributed by atoms with Gasteiger partial charge in [-0.05, 0) is 36.8 Å². The van der Waals surface area contributed by atoms with Crippen molar-refractivity contribution in [3.05, 3.63) is 33.9 Å². The van der Waals surface area contributed by atoms with E-state index < -0.39 is 10.3 Å². The van der Waals surface area contributed by atoms with Crippen molar-refractivity contribution >= 4 is 29.1 Å². The second-order valence-electron chi connectivity index (χ2n) is 8.49. The largest absolute Gasteiger partial charge is 0.326 e. The number of amides is 3. The highest BCUT2D eigenvalue weighted by molar-refractivity contribution is 6.04. The first-order valence-corrected chi connectivity index (χ1v) is 9.40. The molecule has 2 fully saturated rings. The molecule has 3 amide bonds. The molecule has 1 saturated heterocycles. The van der Waals surface area contributed by atoms with Gasteiger partial charge >= 0.3 is 0 Å². The number of likely N-dealkylation sites (tertiary alicyclic amines) is 1. The number of aryl methyl sites for hydroxylation is 1. The molecule has 1 N–H and O–H groups in total. The number of anilines is 1. The number of piperidine rings is 1. The molecule has 1 aliphatic heterocycles. The SMILES string of the molecule is Cc1cc([N+](=O)[O-])ccc1NC(=O)CCN1C(=O)C2CCC(C)(C1=O)C2(C)C. The second-order valence-corrected chi connectivity index (χ2v) is 8.49. The van der Waals surface area contributed by atoms with Gasteiger partial charge in [-0.1, -0.05) is 20.8 Å². The van der Waals surface area contributed by atoms with Gasteiger partial charge in [-0.15, -0.1) is 0 Å². The Balaban J connectivity index is 1.66. The quantitative estimate of drug-likeness (QED) is 0.474. The summed E-state index contributed by atoms with van der Waals surface area (Å²) in [6, 6.07) is 4.18. The molecule has 1 saturated carbocycles. The van der Waals surface area contributed by atoms with Crippen LogP contribution in [0.5, 0.6) is 0 Å². The third-order valence-electron chi connectivity index (χ3n) is 6.76. The minimum absolute atomic E-state index is 0.0167. The van der Waals surface area contributed by atoms with Gasteiger partial charge in [0.1, 0.15) is 0 Å². The average molecular weight is 387 g/mol. The number of hydrogen-bond donors (Lipinski definition) is 1. The standard InChI is InChI=1S/C20H25N3O5/c1-12-11-13(23(27)28)5-6-15(12)21-16(24)8-10-22-17(25)14-7-9-20(4,18(22)26)19(14,2)3/h5-6,11,14H,7-10H2,1-4H3,(H,21,24). The molecule has 8 heteroatoms. The predicted molar refractivity (Wildman–Crippen MR) is 102 cm³/mol. The van der Waals surface area contributed by atoms with Crippen molar-refractivity contribution in [3.8, 4) is 0 Å². The molecule has 2 unspecified atom stereocenters. The zero-order valence-corrected chi connectivity index (χ0v) is 16.6. The van der Waals surface area contributed by atoms with E-state index in [4.69, 9.17) is 0 Å². The number of carbonyl (C=O) groups excluding carboxylic acids is 3. The molecular formula is C20H25N3O5. The molecule has 28 heavy (non-hydrogen) atoms. The van der Waals surface area contributed by atoms with Crippen LogP contribution in [0.4, 0.5) is 11.4 Å². The number of benzene rings is 1. The Morgan fingerprint density at radius 2 is 2.00 bits per heavy atom. The molecule has 1 aromatic carbocycles. The molecule has 1 aromatic rings. The van der Waals surface area contributed by atoms with Gasteiger partial charge < -0.3 is 5.32 Å². The number of fused-ring (bicyclic) bond motifs is 2. The highest BCUT2D eigenvalue weighted by atomic mass is 16.6. The molecule has 0 spiro atoms. The van der Waals surface area contributed by atoms with Crippen LogP contribution in [0.15, 0.2) is 18.2 Å². The van der Waals surface area contributed by atoms with Crippen molar-refractivity contribution in [1.29, 1.82) is 0 Å². The minimum Gasteiger partial charge on any atom is -0.326 e. The fourth-order valence-corrected chi connectivity index (χ4v) is 4.44. The van der Waals surface area contributed by atoms with Crippen LogP contribution < -0.4 is 5.32 Å². The number of nitro groups is 1. The lowest BCUT2D eigenvalue weighted by Gasteiger charge is -2.47. The van der Waals surface area contributed by atoms with Gasteiger partial charge in [-0.2, -0.15) is 0 Å². The van der Waals surface area contributed by atoms with Gasteiger partial charge in [-0.25, -0.2) is 0 Å². The van der Waals surface area contributed by atoms with E-state index in [1.54, 1.807) is 6.92 Å². The summed E-state index contributed by atoms with van der Waals surface area (Å²) in [5.74, 6) is -0.935. The van der Waals surface area contributed by atoms with E-state index in [1.807, 2.05) is 20.8 Å². The van der Waals surface area contributed by atoms with Crippen LogP contribution in [0.1, 0.15) is 45.6 Å². The van der Waals surface area contributed by atoms with E-state index in [2.05, 4.69) is 5.32 Å². The first-order chi connectivity index (χ1) is 13.0. The summed E-state index contributed by atoms with van der Waals surface area (Å²) >= 11 is 0. The van der Waals surface area contributed by atoms with Gasteiger partial charge in [0.25, 0.3) is 5.69 Å². The Kier molecular flexibility index (Phi) is 4.77. The fraction of sp³-hybridized carbons (Fsp3) is 0.550. The molecule has 1 heterocycles. The Labute approximate surface area is 163 Å². The molecule has 0 radical (unpaired) electrons. The third-order valence-corrected chi connectivity index (χ3v) is 6.76. The monoisotopic (exact) mass is 387 g/mol. The van der Waals surface area contributed by atoms with Crippen molar-refractivity contribution in [2.75, 3.05) is 11.9 Å². The van der Waals surface area contributed by atoms with Gasteiger partial charge in [0, 0.05) is 36.7 Å². The van der Waals surface area contributed by atoms with Crippen molar-refractivity contribution in [2.24, 2.45) is 16.7 Å². The van der Waals surface area contributed by atoms with Crippen molar-refractivity contribution in [2.45, 2.75) is 47.0 Å². The highest BCUT2D eigenvalue weighted by Crippen LogP contribution is 2.60. The van der Waals surface area contributed by atoms with Crippen LogP contribution >= 0.6 is 0 Å². The first kappa shape index (κ1) is 20.0. The van der Waals surface area contributed by atoms with Crippen LogP contribution in [-0.2, 0) is 14.4 Å². The van der Waals surface area contributed by atoms with Crippen molar-refractivity contribution < 1.29 is 19.3 Å². The lowest BCUT2D eigenvalue weighted by Crippen LogP contribution is -2.59. The summed E-state index contributed by atoms with van der Waals surface area (Å²) in [7, 11) is 0. The number of nitro benzene ring substituents is 1. The summed E-state index contributed by atoms with van der Waals surface area (Å²) in [5, 5.41) is 13.5. The molecule has 3 rings (SSSR count). The predicted octanol–water partition coefficient (Wildman–Crippen LogP) is 3.04. The molecule has 8 nitrogen and oxygen atoms in total. The van der Waals surface area contributed by atoms with Crippen LogP contribution in [0.2, 0.25) is 0 Å². The lowest BCUT2D eigenvalue weighted by molar-refractivity contribution is -0.384. The van der Waals surface area contributed by atoms with Gasteiger partial charge in [0.2, 0.25) is 17.7 Å². The summed E-state index contributed by atoms with van der Waals surface area (Å²) in [6.45, 7) is 7.57. The fourth-order valence-electron chi connectivity index (χ4n) is 4.44. The second kappa shape index (κ2) is 6.68. The molecule has 1 aliphatic carbocycles. The molecule has 2 atom stereocenters. The summed E-state index contributed by atoms with van der Waals surface area (Å²) in [5.41, 5.74) is 0.0265. The topological polar surface area (TPSA) is 110 Å². The molecule has 2 bridgehead atoms. The normalized spacial score (nSPS) is 25.7. The van der Waals surface area contributed by atoms with E-state index in [-0.39, 0.29) is 47.7 Å². The number of carbonyl (C=O) groups is 3. The average Bonchev–Trinajstić information content (AvgIpc) is 2.80. The van der Waals surface area contributed by atoms with Gasteiger partial charge in [0.15, 0.2) is 0 Å². The number of non-ortho nitro benzene ring substituents is 1. The van der Waals surface area contributed by atoms with Crippen molar-refractivity contribution in [1.82, 2.24) is 4.90 Å². The van der Waals surface area contributed by atoms with E-state index in [0.29, 0.717) is 24.1 Å². The zero-order valence-electron chi connectivity index (χ0n) is 16.6. The highest BCUT2D eigenvalue weighted by Gasteiger charge is 2.64. The third kappa shape index (κ3) is 2.96. The first-order valence-electron chi connectivity index (χ1n) is 9.40. The Morgan fingerprint density at radius 3 is 2.61 bits per heavy atom. The van der Waals surface area contributed by atoms with E-state index >= 15 is 0 Å². The van der Waals surface area contributed by atoms with E-state index in [1.165, 1.54) is 23.1 Å². The van der Waals surface area contributed by atoms with Crippen LogP contribution in [0.3, 0.4) is 0 Å². The summed E-state index contributed by atoms with van der Waals surface area (Å²) in [4.78, 5) is 49.6. The molecule has 2 aliphatic rings. The maximum atomic E-state index is 13.0. The van der Waals surface area contributed by atoms with Crippen molar-refractivity contribution in [3.63, 3.8) is 0 Å². The number of nitrogens with one attached hydrogen (secondary N) is 1. The maximum Gasteiger partial charge on any atom is 0.269 e. The zero-order chi connectivity index (χ0) is 20.9. The van der Waals surface area contributed by atoms with Gasteiger partial charge in [0.05, 0.1) is 10.3 Å². The Morgan fingerprint density at radius 1 is 1.32 bits per heavy atom. The summed E-state index contributed by atoms with van der Waals surface area (Å²) < 4.78 is 0. The van der Waals surface area contributed by atoms with E-state index in [9.17, 15) is 24.5 Å². The number of rotatable bonds is 5. The van der Waals surface area contributed by atoms with Crippen LogP contribution in [0.25, 0.3) is 0 Å². The lowest BCUT2D eigenvalue weighted by atomic mass is 9.62. The Hall–Kier alpha value is -2.77. The number of imide groups is 1. The summed E-state index contributed by atoms with van der Waals surface area (Å²) in [6.07, 6.45) is 1.36.